The van der Waals surface area contributed by atoms with Crippen molar-refractivity contribution in [1.82, 2.24) is 10.2 Å². The lowest BCUT2D eigenvalue weighted by Gasteiger charge is -2.32. The van der Waals surface area contributed by atoms with Crippen LogP contribution < -0.4 is 5.32 Å². The number of likely N-dealkylation sites (tertiary alicyclic amines) is 1. The van der Waals surface area contributed by atoms with Crippen molar-refractivity contribution in [3.05, 3.63) is 0 Å². The summed E-state index contributed by atoms with van der Waals surface area (Å²) in [7, 11) is 0. The second kappa shape index (κ2) is 6.31. The van der Waals surface area contributed by atoms with Crippen molar-refractivity contribution in [2.24, 2.45) is 0 Å². The Morgan fingerprint density at radius 2 is 1.85 bits per heavy atom. The summed E-state index contributed by atoms with van der Waals surface area (Å²) in [5, 5.41) is 3.35. The predicted molar refractivity (Wildman–Crippen MR) is 75.7 cm³/mol. The van der Waals surface area contributed by atoms with E-state index in [9.17, 15) is 4.79 Å². The highest BCUT2D eigenvalue weighted by Gasteiger charge is 2.43. The molecular formula is C15H26N2O3. The van der Waals surface area contributed by atoms with Crippen LogP contribution in [0.3, 0.4) is 0 Å². The number of rotatable bonds is 1. The molecule has 114 valence electrons. The molecule has 1 N–H and O–H groups in total. The first kappa shape index (κ1) is 14.1. The maximum Gasteiger partial charge on any atom is 0.410 e. The lowest BCUT2D eigenvalue weighted by Crippen LogP contribution is -2.42. The lowest BCUT2D eigenvalue weighted by atomic mass is 9.89. The number of hydrogen-bond donors (Lipinski definition) is 1. The Morgan fingerprint density at radius 1 is 1.15 bits per heavy atom. The molecule has 3 fully saturated rings. The quantitative estimate of drug-likeness (QED) is 0.798. The van der Waals surface area contributed by atoms with Crippen molar-refractivity contribution in [2.45, 2.75) is 56.7 Å². The molecule has 3 rings (SSSR count). The van der Waals surface area contributed by atoms with Gasteiger partial charge in [0, 0.05) is 19.5 Å². The van der Waals surface area contributed by atoms with Gasteiger partial charge in [-0.05, 0) is 38.8 Å². The van der Waals surface area contributed by atoms with E-state index in [0.29, 0.717) is 6.61 Å². The summed E-state index contributed by atoms with van der Waals surface area (Å²) in [6.45, 7) is 4.28. The molecule has 1 atom stereocenters. The number of nitrogens with one attached hydrogen (secondary N) is 1. The van der Waals surface area contributed by atoms with Crippen LogP contribution in [0.1, 0.15) is 44.9 Å². The normalized spacial score (nSPS) is 30.2. The summed E-state index contributed by atoms with van der Waals surface area (Å²) in [4.78, 5) is 14.1. The van der Waals surface area contributed by atoms with Crippen LogP contribution in [0.15, 0.2) is 0 Å². The summed E-state index contributed by atoms with van der Waals surface area (Å²) < 4.78 is 11.6. The largest absolute Gasteiger partial charge is 0.444 e. The van der Waals surface area contributed by atoms with E-state index in [2.05, 4.69) is 5.32 Å². The Labute approximate surface area is 121 Å². The average Bonchev–Trinajstić information content (AvgIpc) is 2.69. The molecule has 3 aliphatic rings. The fraction of sp³-hybridized carbons (Fsp3) is 0.933. The molecule has 20 heavy (non-hydrogen) atoms. The third-order valence-electron chi connectivity index (χ3n) is 4.82. The first-order valence-electron chi connectivity index (χ1n) is 8.08. The van der Waals surface area contributed by atoms with Gasteiger partial charge in [-0.15, -0.1) is 0 Å². The molecule has 3 aliphatic heterocycles. The molecule has 0 aliphatic carbocycles. The van der Waals surface area contributed by atoms with Gasteiger partial charge in [0.1, 0.15) is 6.10 Å². The van der Waals surface area contributed by atoms with E-state index < -0.39 is 0 Å². The van der Waals surface area contributed by atoms with Gasteiger partial charge >= 0.3 is 6.09 Å². The van der Waals surface area contributed by atoms with E-state index in [4.69, 9.17) is 9.47 Å². The Balaban J connectivity index is 1.49. The third kappa shape index (κ3) is 3.26. The van der Waals surface area contributed by atoms with Crippen molar-refractivity contribution in [2.75, 3.05) is 32.8 Å². The predicted octanol–water partition coefficient (Wildman–Crippen LogP) is 1.91. The Morgan fingerprint density at radius 3 is 2.55 bits per heavy atom. The summed E-state index contributed by atoms with van der Waals surface area (Å²) in [5.41, 5.74) is -0.0328. The van der Waals surface area contributed by atoms with Gasteiger partial charge in [-0.3, -0.25) is 0 Å². The standard InChI is InChI=1S/C15H26N2O3/c18-14(17-9-3-1-2-4-10-17)20-13-11-15(19-12-13)5-7-16-8-6-15/h13,16H,1-12H2. The van der Waals surface area contributed by atoms with Gasteiger partial charge in [0.05, 0.1) is 12.2 Å². The van der Waals surface area contributed by atoms with E-state index >= 15 is 0 Å². The fourth-order valence-electron chi connectivity index (χ4n) is 3.58. The molecule has 1 spiro atoms. The highest BCUT2D eigenvalue weighted by Crippen LogP contribution is 2.35. The second-order valence-corrected chi connectivity index (χ2v) is 6.36. The number of carbonyl (C=O) groups excluding carboxylic acids is 1. The number of amides is 1. The molecule has 5 nitrogen and oxygen atoms in total. The van der Waals surface area contributed by atoms with Crippen LogP contribution in [0.5, 0.6) is 0 Å². The van der Waals surface area contributed by atoms with Crippen molar-refractivity contribution in [3.8, 4) is 0 Å². The summed E-state index contributed by atoms with van der Waals surface area (Å²) in [5.74, 6) is 0. The van der Waals surface area contributed by atoms with Crippen LogP contribution in [0.2, 0.25) is 0 Å². The second-order valence-electron chi connectivity index (χ2n) is 6.36. The first-order chi connectivity index (χ1) is 9.77. The number of nitrogens with zero attached hydrogens (tertiary/aromatic N) is 1. The van der Waals surface area contributed by atoms with E-state index in [1.54, 1.807) is 0 Å². The monoisotopic (exact) mass is 282 g/mol. The maximum atomic E-state index is 12.2. The van der Waals surface area contributed by atoms with Crippen molar-refractivity contribution >= 4 is 6.09 Å². The van der Waals surface area contributed by atoms with Gasteiger partial charge in [-0.1, -0.05) is 12.8 Å². The number of piperidine rings is 1. The zero-order valence-corrected chi connectivity index (χ0v) is 12.2. The molecule has 0 saturated carbocycles. The summed E-state index contributed by atoms with van der Waals surface area (Å²) >= 11 is 0. The molecule has 0 bridgehead atoms. The number of hydrogen-bond acceptors (Lipinski definition) is 4. The minimum absolute atomic E-state index is 0.0328. The summed E-state index contributed by atoms with van der Waals surface area (Å²) in [6, 6.07) is 0. The van der Waals surface area contributed by atoms with Crippen LogP contribution in [-0.2, 0) is 9.47 Å². The van der Waals surface area contributed by atoms with Crippen LogP contribution >= 0.6 is 0 Å². The van der Waals surface area contributed by atoms with Gasteiger partial charge in [-0.25, -0.2) is 4.79 Å². The van der Waals surface area contributed by atoms with Gasteiger partial charge < -0.3 is 19.7 Å². The Bertz CT molecular complexity index is 334. The van der Waals surface area contributed by atoms with Crippen molar-refractivity contribution < 1.29 is 14.3 Å². The Hall–Kier alpha value is -0.810. The third-order valence-corrected chi connectivity index (χ3v) is 4.82. The lowest BCUT2D eigenvalue weighted by molar-refractivity contribution is -0.0218. The minimum Gasteiger partial charge on any atom is -0.444 e. The highest BCUT2D eigenvalue weighted by molar-refractivity contribution is 5.67. The van der Waals surface area contributed by atoms with Gasteiger partial charge in [0.2, 0.25) is 0 Å². The van der Waals surface area contributed by atoms with E-state index in [1.165, 1.54) is 12.8 Å². The smallest absolute Gasteiger partial charge is 0.410 e. The van der Waals surface area contributed by atoms with Crippen LogP contribution in [0, 0.1) is 0 Å². The first-order valence-corrected chi connectivity index (χ1v) is 8.08. The van der Waals surface area contributed by atoms with Gasteiger partial charge in [-0.2, -0.15) is 0 Å². The maximum absolute atomic E-state index is 12.2. The van der Waals surface area contributed by atoms with Crippen molar-refractivity contribution in [1.29, 1.82) is 0 Å². The van der Waals surface area contributed by atoms with Gasteiger partial charge in [0.25, 0.3) is 0 Å². The molecule has 0 aromatic rings. The highest BCUT2D eigenvalue weighted by atomic mass is 16.6. The SMILES string of the molecule is O=C(OC1COC2(CCNCC2)C1)N1CCCCCC1. The zero-order valence-electron chi connectivity index (χ0n) is 12.2. The topological polar surface area (TPSA) is 50.8 Å². The van der Waals surface area contributed by atoms with E-state index in [1.807, 2.05) is 4.90 Å². The molecule has 1 unspecified atom stereocenters. The summed E-state index contributed by atoms with van der Waals surface area (Å²) in [6.07, 6.45) is 7.41. The van der Waals surface area contributed by atoms with Crippen molar-refractivity contribution in [3.63, 3.8) is 0 Å². The molecule has 0 aromatic heterocycles. The number of carbonyl (C=O) groups is 1. The molecule has 3 heterocycles. The van der Waals surface area contributed by atoms with Crippen LogP contribution in [0.25, 0.3) is 0 Å². The molecular weight excluding hydrogens is 256 g/mol. The van der Waals surface area contributed by atoms with Gasteiger partial charge in [0.15, 0.2) is 0 Å². The van der Waals surface area contributed by atoms with Crippen LogP contribution in [-0.4, -0.2) is 55.5 Å². The molecule has 1 amide bonds. The van der Waals surface area contributed by atoms with E-state index in [-0.39, 0.29) is 17.8 Å². The minimum atomic E-state index is -0.133. The zero-order chi connectivity index (χ0) is 13.8. The molecule has 0 radical (unpaired) electrons. The average molecular weight is 282 g/mol. The molecule has 0 aromatic carbocycles. The van der Waals surface area contributed by atoms with Crippen LogP contribution in [0.4, 0.5) is 4.79 Å². The molecule has 3 saturated heterocycles. The molecule has 5 heteroatoms. The fourth-order valence-corrected chi connectivity index (χ4v) is 3.58. The number of ether oxygens (including phenoxy) is 2. The Kier molecular flexibility index (Phi) is 4.46. The van der Waals surface area contributed by atoms with E-state index in [0.717, 1.165) is 58.3 Å².